The molecule has 0 aliphatic carbocycles. The van der Waals surface area contributed by atoms with E-state index < -0.39 is 0 Å². The molecule has 30 heavy (non-hydrogen) atoms. The molecule has 0 amide bonds. The second-order valence-electron chi connectivity index (χ2n) is 6.38. The minimum atomic E-state index is -0.103. The third kappa shape index (κ3) is 4.75. The number of allylic oxidation sites excluding steroid dienone is 1. The molecule has 0 unspecified atom stereocenters. The fourth-order valence-corrected chi connectivity index (χ4v) is 4.73. The van der Waals surface area contributed by atoms with Gasteiger partial charge >= 0.3 is 0 Å². The van der Waals surface area contributed by atoms with Crippen molar-refractivity contribution in [2.24, 2.45) is 0 Å². The molecule has 4 rings (SSSR count). The number of benzene rings is 2. The summed E-state index contributed by atoms with van der Waals surface area (Å²) in [5.74, 6) is 1.41. The van der Waals surface area contributed by atoms with Crippen LogP contribution in [-0.2, 0) is 18.9 Å². The largest absolute Gasteiger partial charge is 0.486 e. The Morgan fingerprint density at radius 2 is 2.03 bits per heavy atom. The maximum atomic E-state index is 12.9. The van der Waals surface area contributed by atoms with E-state index in [0.717, 1.165) is 16.5 Å². The van der Waals surface area contributed by atoms with E-state index in [-0.39, 0.29) is 5.56 Å². The average molecular weight is 456 g/mol. The standard InChI is InChI=1S/C22H18ClN3O2S2/c1-2-10-26-21(27)18-9-8-15(23)11-19(18)25-22(26)30-14-16-13-29-20(24-16)12-28-17-6-4-3-5-7-17/h2-9,11,13H,1,10,12,14H2. The molecule has 0 atom stereocenters. The van der Waals surface area contributed by atoms with Crippen LogP contribution in [0.3, 0.4) is 0 Å². The third-order valence-corrected chi connectivity index (χ3v) is 6.36. The quantitative estimate of drug-likeness (QED) is 0.197. The van der Waals surface area contributed by atoms with Crippen molar-refractivity contribution in [2.45, 2.75) is 24.1 Å². The van der Waals surface area contributed by atoms with Gasteiger partial charge in [0.2, 0.25) is 0 Å². The van der Waals surface area contributed by atoms with Gasteiger partial charge in [0.15, 0.2) is 5.16 Å². The lowest BCUT2D eigenvalue weighted by Gasteiger charge is -2.11. The van der Waals surface area contributed by atoms with Crippen LogP contribution in [0.15, 0.2) is 76.5 Å². The summed E-state index contributed by atoms with van der Waals surface area (Å²) in [6.45, 7) is 4.57. The van der Waals surface area contributed by atoms with E-state index in [2.05, 4.69) is 16.5 Å². The first-order chi connectivity index (χ1) is 14.6. The van der Waals surface area contributed by atoms with Crippen LogP contribution < -0.4 is 10.3 Å². The molecule has 2 aromatic heterocycles. The normalized spacial score (nSPS) is 11.0. The Morgan fingerprint density at radius 3 is 2.83 bits per heavy atom. The monoisotopic (exact) mass is 455 g/mol. The Balaban J connectivity index is 1.50. The molecule has 152 valence electrons. The second-order valence-corrected chi connectivity index (χ2v) is 8.70. The molecule has 4 aromatic rings. The van der Waals surface area contributed by atoms with Gasteiger partial charge in [-0.15, -0.1) is 17.9 Å². The molecular formula is C22H18ClN3O2S2. The average Bonchev–Trinajstić information content (AvgIpc) is 3.21. The number of hydrogen-bond acceptors (Lipinski definition) is 6. The number of rotatable bonds is 8. The van der Waals surface area contributed by atoms with Gasteiger partial charge in [-0.25, -0.2) is 9.97 Å². The summed E-state index contributed by atoms with van der Waals surface area (Å²) in [6, 6.07) is 14.8. The number of halogens is 1. The predicted octanol–water partition coefficient (Wildman–Crippen LogP) is 5.56. The van der Waals surface area contributed by atoms with Gasteiger partial charge in [0.1, 0.15) is 17.4 Å². The van der Waals surface area contributed by atoms with Gasteiger partial charge in [-0.2, -0.15) is 0 Å². The summed E-state index contributed by atoms with van der Waals surface area (Å²) in [5.41, 5.74) is 1.40. The molecule has 8 heteroatoms. The van der Waals surface area contributed by atoms with Crippen LogP contribution in [0.2, 0.25) is 5.02 Å². The fourth-order valence-electron chi connectivity index (χ4n) is 2.86. The van der Waals surface area contributed by atoms with Gasteiger partial charge in [0.25, 0.3) is 5.56 Å². The zero-order chi connectivity index (χ0) is 20.9. The van der Waals surface area contributed by atoms with Crippen molar-refractivity contribution < 1.29 is 4.74 Å². The smallest absolute Gasteiger partial charge is 0.262 e. The summed E-state index contributed by atoms with van der Waals surface area (Å²) in [7, 11) is 0. The Labute approximate surface area is 187 Å². The fraction of sp³-hybridized carbons (Fsp3) is 0.136. The summed E-state index contributed by atoms with van der Waals surface area (Å²) < 4.78 is 7.38. The molecule has 0 radical (unpaired) electrons. The topological polar surface area (TPSA) is 57.0 Å². The number of thiazole rings is 1. The first-order valence-corrected chi connectivity index (χ1v) is 11.4. The Hall–Kier alpha value is -2.61. The van der Waals surface area contributed by atoms with Crippen LogP contribution in [0.1, 0.15) is 10.7 Å². The van der Waals surface area contributed by atoms with Crippen molar-refractivity contribution in [3.05, 3.63) is 92.6 Å². The van der Waals surface area contributed by atoms with Crippen molar-refractivity contribution in [1.82, 2.24) is 14.5 Å². The molecule has 0 aliphatic heterocycles. The molecular weight excluding hydrogens is 438 g/mol. The van der Waals surface area contributed by atoms with Gasteiger partial charge in [-0.1, -0.05) is 47.6 Å². The van der Waals surface area contributed by atoms with Crippen LogP contribution in [0.4, 0.5) is 0 Å². The molecule has 0 saturated carbocycles. The number of fused-ring (bicyclic) bond motifs is 1. The number of para-hydroxylation sites is 1. The highest BCUT2D eigenvalue weighted by molar-refractivity contribution is 7.98. The zero-order valence-electron chi connectivity index (χ0n) is 16.0. The molecule has 0 saturated heterocycles. The van der Waals surface area contributed by atoms with E-state index in [4.69, 9.17) is 16.3 Å². The lowest BCUT2D eigenvalue weighted by molar-refractivity contribution is 0.305. The van der Waals surface area contributed by atoms with E-state index in [1.165, 1.54) is 11.8 Å². The zero-order valence-corrected chi connectivity index (χ0v) is 18.3. The number of ether oxygens (including phenoxy) is 1. The SMILES string of the molecule is C=CCn1c(SCc2csc(COc3ccccc3)n2)nc2cc(Cl)ccc2c1=O. The number of aromatic nitrogens is 3. The van der Waals surface area contributed by atoms with Gasteiger partial charge < -0.3 is 4.74 Å². The highest BCUT2D eigenvalue weighted by atomic mass is 35.5. The van der Waals surface area contributed by atoms with Crippen molar-refractivity contribution in [1.29, 1.82) is 0 Å². The Morgan fingerprint density at radius 1 is 1.20 bits per heavy atom. The minimum absolute atomic E-state index is 0.103. The molecule has 0 fully saturated rings. The van der Waals surface area contributed by atoms with Crippen LogP contribution in [0.5, 0.6) is 5.75 Å². The van der Waals surface area contributed by atoms with Crippen molar-refractivity contribution >= 4 is 45.6 Å². The van der Waals surface area contributed by atoms with E-state index in [9.17, 15) is 4.79 Å². The molecule has 5 nitrogen and oxygen atoms in total. The molecule has 2 heterocycles. The first kappa shape index (κ1) is 20.7. The third-order valence-electron chi connectivity index (χ3n) is 4.25. The highest BCUT2D eigenvalue weighted by Gasteiger charge is 2.12. The van der Waals surface area contributed by atoms with Crippen LogP contribution in [0, 0.1) is 0 Å². The van der Waals surface area contributed by atoms with E-state index in [1.807, 2.05) is 35.7 Å². The molecule has 0 bridgehead atoms. The van der Waals surface area contributed by atoms with Crippen molar-refractivity contribution in [3.8, 4) is 5.75 Å². The van der Waals surface area contributed by atoms with Gasteiger partial charge in [0.05, 0.1) is 16.6 Å². The summed E-state index contributed by atoms with van der Waals surface area (Å²) in [5, 5.41) is 4.61. The van der Waals surface area contributed by atoms with Crippen LogP contribution >= 0.6 is 34.7 Å². The molecule has 0 N–H and O–H groups in total. The van der Waals surface area contributed by atoms with E-state index in [1.54, 1.807) is 40.2 Å². The summed E-state index contributed by atoms with van der Waals surface area (Å²) in [6.07, 6.45) is 1.69. The maximum absolute atomic E-state index is 12.9. The number of nitrogens with zero attached hydrogens (tertiary/aromatic N) is 3. The van der Waals surface area contributed by atoms with Gasteiger partial charge in [-0.05, 0) is 30.3 Å². The Kier molecular flexibility index (Phi) is 6.52. The second kappa shape index (κ2) is 9.47. The van der Waals surface area contributed by atoms with Crippen LogP contribution in [-0.4, -0.2) is 14.5 Å². The van der Waals surface area contributed by atoms with E-state index >= 15 is 0 Å². The molecule has 0 spiro atoms. The van der Waals surface area contributed by atoms with E-state index in [0.29, 0.717) is 40.0 Å². The summed E-state index contributed by atoms with van der Waals surface area (Å²) in [4.78, 5) is 22.2. The Bertz CT molecular complexity index is 1240. The maximum Gasteiger partial charge on any atom is 0.262 e. The van der Waals surface area contributed by atoms with Gasteiger partial charge in [-0.3, -0.25) is 9.36 Å². The lowest BCUT2D eigenvalue weighted by Crippen LogP contribution is -2.22. The van der Waals surface area contributed by atoms with Crippen molar-refractivity contribution in [2.75, 3.05) is 0 Å². The highest BCUT2D eigenvalue weighted by Crippen LogP contribution is 2.25. The lowest BCUT2D eigenvalue weighted by atomic mass is 10.2. The molecule has 0 aliphatic rings. The van der Waals surface area contributed by atoms with Gasteiger partial charge in [0, 0.05) is 22.7 Å². The van der Waals surface area contributed by atoms with Crippen LogP contribution in [0.25, 0.3) is 10.9 Å². The van der Waals surface area contributed by atoms with Crippen molar-refractivity contribution in [3.63, 3.8) is 0 Å². The predicted molar refractivity (Wildman–Crippen MR) is 124 cm³/mol. The summed E-state index contributed by atoms with van der Waals surface area (Å²) >= 11 is 9.10. The number of thioether (sulfide) groups is 1. The molecule has 2 aromatic carbocycles. The minimum Gasteiger partial charge on any atom is -0.486 e. The first-order valence-electron chi connectivity index (χ1n) is 9.19. The number of hydrogen-bond donors (Lipinski definition) is 0.